The van der Waals surface area contributed by atoms with E-state index in [1.54, 1.807) is 7.11 Å². The average Bonchev–Trinajstić information content (AvgIpc) is 2.15. The Morgan fingerprint density at radius 2 is 2.21 bits per heavy atom. The lowest BCUT2D eigenvalue weighted by Gasteiger charge is -2.28. The van der Waals surface area contributed by atoms with E-state index >= 15 is 0 Å². The molecule has 0 heterocycles. The van der Waals surface area contributed by atoms with Gasteiger partial charge in [-0.3, -0.25) is 0 Å². The van der Waals surface area contributed by atoms with Gasteiger partial charge >= 0.3 is 0 Å². The summed E-state index contributed by atoms with van der Waals surface area (Å²) in [6.07, 6.45) is 5.55. The fraction of sp³-hybridized carbons (Fsp3) is 1.00. The average molecular weight is 199 g/mol. The molecule has 1 aliphatic rings. The van der Waals surface area contributed by atoms with Crippen molar-refractivity contribution in [3.8, 4) is 0 Å². The monoisotopic (exact) mass is 199 g/mol. The van der Waals surface area contributed by atoms with Crippen molar-refractivity contribution in [1.29, 1.82) is 0 Å². The maximum Gasteiger partial charge on any atom is 0.0499 e. The van der Waals surface area contributed by atoms with E-state index in [0.29, 0.717) is 5.92 Å². The summed E-state index contributed by atoms with van der Waals surface area (Å²) in [5.74, 6) is 1.55. The van der Waals surface area contributed by atoms with Crippen LogP contribution in [0.25, 0.3) is 0 Å². The SMILES string of the molecule is COCC(C)CNC1CCCC(C)C1. The molecule has 14 heavy (non-hydrogen) atoms. The molecule has 0 aromatic rings. The van der Waals surface area contributed by atoms with Crippen LogP contribution >= 0.6 is 0 Å². The molecule has 0 aromatic carbocycles. The van der Waals surface area contributed by atoms with Crippen molar-refractivity contribution in [3.63, 3.8) is 0 Å². The Hall–Kier alpha value is -0.0800. The van der Waals surface area contributed by atoms with Crippen molar-refractivity contribution in [3.05, 3.63) is 0 Å². The van der Waals surface area contributed by atoms with Crippen LogP contribution in [0.2, 0.25) is 0 Å². The first-order chi connectivity index (χ1) is 6.72. The number of hydrogen-bond donors (Lipinski definition) is 1. The predicted octanol–water partition coefficient (Wildman–Crippen LogP) is 2.44. The Morgan fingerprint density at radius 1 is 1.43 bits per heavy atom. The second-order valence-corrected chi connectivity index (χ2v) is 4.94. The normalized spacial score (nSPS) is 30.2. The van der Waals surface area contributed by atoms with E-state index in [9.17, 15) is 0 Å². The zero-order chi connectivity index (χ0) is 10.4. The predicted molar refractivity (Wildman–Crippen MR) is 60.5 cm³/mol. The summed E-state index contributed by atoms with van der Waals surface area (Å²) < 4.78 is 5.12. The molecule has 3 atom stereocenters. The highest BCUT2D eigenvalue weighted by Crippen LogP contribution is 2.23. The van der Waals surface area contributed by atoms with Crippen molar-refractivity contribution >= 4 is 0 Å². The van der Waals surface area contributed by atoms with Gasteiger partial charge in [0.25, 0.3) is 0 Å². The minimum atomic E-state index is 0.636. The highest BCUT2D eigenvalue weighted by Gasteiger charge is 2.18. The third kappa shape index (κ3) is 4.43. The summed E-state index contributed by atoms with van der Waals surface area (Å²) in [6.45, 7) is 6.58. The first kappa shape index (κ1) is 12.0. The maximum absolute atomic E-state index is 5.12. The van der Waals surface area contributed by atoms with E-state index in [4.69, 9.17) is 4.74 Å². The van der Waals surface area contributed by atoms with Crippen LogP contribution in [0.5, 0.6) is 0 Å². The molecular weight excluding hydrogens is 174 g/mol. The molecule has 0 amide bonds. The summed E-state index contributed by atoms with van der Waals surface area (Å²) >= 11 is 0. The zero-order valence-electron chi connectivity index (χ0n) is 9.88. The van der Waals surface area contributed by atoms with Crippen LogP contribution in [0.15, 0.2) is 0 Å². The number of nitrogens with one attached hydrogen (secondary N) is 1. The van der Waals surface area contributed by atoms with E-state index in [-0.39, 0.29) is 0 Å². The molecule has 1 fully saturated rings. The van der Waals surface area contributed by atoms with Crippen LogP contribution in [-0.4, -0.2) is 26.3 Å². The van der Waals surface area contributed by atoms with Crippen LogP contribution in [0, 0.1) is 11.8 Å². The minimum absolute atomic E-state index is 0.636. The molecule has 0 aromatic heterocycles. The van der Waals surface area contributed by atoms with E-state index in [1.165, 1.54) is 25.7 Å². The zero-order valence-corrected chi connectivity index (χ0v) is 9.88. The van der Waals surface area contributed by atoms with Gasteiger partial charge in [0.1, 0.15) is 0 Å². The highest BCUT2D eigenvalue weighted by atomic mass is 16.5. The summed E-state index contributed by atoms with van der Waals surface area (Å²) in [4.78, 5) is 0. The molecule has 1 rings (SSSR count). The van der Waals surface area contributed by atoms with Gasteiger partial charge in [0, 0.05) is 26.3 Å². The van der Waals surface area contributed by atoms with Crippen molar-refractivity contribution in [2.45, 2.75) is 45.6 Å². The Kier molecular flexibility index (Phi) is 5.49. The molecule has 1 saturated carbocycles. The van der Waals surface area contributed by atoms with Crippen molar-refractivity contribution in [2.24, 2.45) is 11.8 Å². The van der Waals surface area contributed by atoms with Crippen LogP contribution in [0.1, 0.15) is 39.5 Å². The molecule has 1 aliphatic carbocycles. The van der Waals surface area contributed by atoms with E-state index in [0.717, 1.165) is 25.1 Å². The minimum Gasteiger partial charge on any atom is -0.384 e. The van der Waals surface area contributed by atoms with Gasteiger partial charge in [-0.1, -0.05) is 26.7 Å². The molecular formula is C12H25NO. The molecule has 0 bridgehead atoms. The number of ether oxygens (including phenoxy) is 1. The Morgan fingerprint density at radius 3 is 2.86 bits per heavy atom. The molecule has 2 heteroatoms. The summed E-state index contributed by atoms with van der Waals surface area (Å²) in [6, 6.07) is 0.762. The largest absolute Gasteiger partial charge is 0.384 e. The molecule has 0 saturated heterocycles. The quantitative estimate of drug-likeness (QED) is 0.734. The number of methoxy groups -OCH3 is 1. The Labute approximate surface area is 88.4 Å². The fourth-order valence-corrected chi connectivity index (χ4v) is 2.33. The fourth-order valence-electron chi connectivity index (χ4n) is 2.33. The first-order valence-electron chi connectivity index (χ1n) is 5.94. The smallest absolute Gasteiger partial charge is 0.0499 e. The second kappa shape index (κ2) is 6.41. The molecule has 2 nitrogen and oxygen atoms in total. The van der Waals surface area contributed by atoms with Gasteiger partial charge < -0.3 is 10.1 Å². The number of rotatable bonds is 5. The lowest BCUT2D eigenvalue weighted by Crippen LogP contribution is -2.37. The van der Waals surface area contributed by atoms with Gasteiger partial charge in [-0.25, -0.2) is 0 Å². The molecule has 0 spiro atoms. The van der Waals surface area contributed by atoms with Crippen LogP contribution < -0.4 is 5.32 Å². The Bertz CT molecular complexity index is 149. The standard InChI is InChI=1S/C12H25NO/c1-10-5-4-6-12(7-10)13-8-11(2)9-14-3/h10-13H,4-9H2,1-3H3. The summed E-state index contributed by atoms with van der Waals surface area (Å²) in [7, 11) is 1.78. The van der Waals surface area contributed by atoms with Crippen molar-refractivity contribution < 1.29 is 4.74 Å². The topological polar surface area (TPSA) is 21.3 Å². The van der Waals surface area contributed by atoms with Crippen LogP contribution in [0.4, 0.5) is 0 Å². The van der Waals surface area contributed by atoms with Crippen molar-refractivity contribution in [2.75, 3.05) is 20.3 Å². The molecule has 0 aliphatic heterocycles. The van der Waals surface area contributed by atoms with E-state index < -0.39 is 0 Å². The van der Waals surface area contributed by atoms with Crippen LogP contribution in [-0.2, 0) is 4.74 Å². The summed E-state index contributed by atoms with van der Waals surface area (Å²) in [5.41, 5.74) is 0. The summed E-state index contributed by atoms with van der Waals surface area (Å²) in [5, 5.41) is 3.66. The van der Waals surface area contributed by atoms with Gasteiger partial charge in [0.2, 0.25) is 0 Å². The third-order valence-corrected chi connectivity index (χ3v) is 3.14. The van der Waals surface area contributed by atoms with Gasteiger partial charge in [-0.15, -0.1) is 0 Å². The van der Waals surface area contributed by atoms with E-state index in [1.807, 2.05) is 0 Å². The van der Waals surface area contributed by atoms with Gasteiger partial charge in [-0.05, 0) is 24.7 Å². The molecule has 3 unspecified atom stereocenters. The molecule has 0 radical (unpaired) electrons. The maximum atomic E-state index is 5.12. The van der Waals surface area contributed by atoms with Gasteiger partial charge in [0.05, 0.1) is 0 Å². The van der Waals surface area contributed by atoms with Crippen LogP contribution in [0.3, 0.4) is 0 Å². The van der Waals surface area contributed by atoms with Crippen molar-refractivity contribution in [1.82, 2.24) is 5.32 Å². The lowest BCUT2D eigenvalue weighted by molar-refractivity contribution is 0.154. The van der Waals surface area contributed by atoms with E-state index in [2.05, 4.69) is 19.2 Å². The molecule has 84 valence electrons. The number of hydrogen-bond acceptors (Lipinski definition) is 2. The molecule has 1 N–H and O–H groups in total. The third-order valence-electron chi connectivity index (χ3n) is 3.14. The Balaban J connectivity index is 2.10. The lowest BCUT2D eigenvalue weighted by atomic mass is 9.87. The first-order valence-corrected chi connectivity index (χ1v) is 5.94. The van der Waals surface area contributed by atoms with Gasteiger partial charge in [0.15, 0.2) is 0 Å². The second-order valence-electron chi connectivity index (χ2n) is 4.94. The van der Waals surface area contributed by atoms with Gasteiger partial charge in [-0.2, -0.15) is 0 Å². The highest BCUT2D eigenvalue weighted by molar-refractivity contribution is 4.76.